The lowest BCUT2D eigenvalue weighted by Gasteiger charge is -2.21. The lowest BCUT2D eigenvalue weighted by Crippen LogP contribution is -2.35. The molecule has 1 atom stereocenters. The van der Waals surface area contributed by atoms with Crippen molar-refractivity contribution in [1.29, 1.82) is 5.26 Å². The summed E-state index contributed by atoms with van der Waals surface area (Å²) in [4.78, 5) is 18.7. The second-order valence-corrected chi connectivity index (χ2v) is 6.19. The summed E-state index contributed by atoms with van der Waals surface area (Å²) in [7, 11) is 0. The predicted octanol–water partition coefficient (Wildman–Crippen LogP) is 2.75. The number of carbonyl (C=O) groups excluding carboxylic acids is 1. The minimum absolute atomic E-state index is 0.208. The largest absolute Gasteiger partial charge is 0.336 e. The van der Waals surface area contributed by atoms with Gasteiger partial charge in [0.05, 0.1) is 28.9 Å². The summed E-state index contributed by atoms with van der Waals surface area (Å²) in [6.07, 6.45) is 1.75. The predicted molar refractivity (Wildman–Crippen MR) is 97.8 cm³/mol. The van der Waals surface area contributed by atoms with Crippen LogP contribution in [0.15, 0.2) is 36.5 Å². The Kier molecular flexibility index (Phi) is 4.94. The maximum absolute atomic E-state index is 12.8. The highest BCUT2D eigenvalue weighted by Crippen LogP contribution is 2.19. The summed E-state index contributed by atoms with van der Waals surface area (Å²) in [5, 5.41) is 18.3. The zero-order valence-corrected chi connectivity index (χ0v) is 15.0. The molecule has 0 N–H and O–H groups in total. The fourth-order valence-electron chi connectivity index (χ4n) is 2.84. The Labute approximate surface area is 151 Å². The van der Waals surface area contributed by atoms with Crippen molar-refractivity contribution in [3.63, 3.8) is 0 Å². The van der Waals surface area contributed by atoms with E-state index in [9.17, 15) is 4.79 Å². The van der Waals surface area contributed by atoms with Crippen LogP contribution in [-0.2, 0) is 0 Å². The average Bonchev–Trinajstić information content (AvgIpc) is 3.06. The van der Waals surface area contributed by atoms with Crippen LogP contribution in [0, 0.1) is 24.2 Å². The molecule has 0 bridgehead atoms. The lowest BCUT2D eigenvalue weighted by atomic mass is 10.1. The standard InChI is InChI=1S/C19H20N6O/c1-4-24(12-13(2)11-20)19(26)18-14(3)25(23-22-18)16-7-8-17-15(10-16)6-5-9-21-17/h5-10,13H,4,12H2,1-3H3. The van der Waals surface area contributed by atoms with Gasteiger partial charge in [-0.2, -0.15) is 5.26 Å². The Morgan fingerprint density at radius 2 is 2.19 bits per heavy atom. The molecule has 3 aromatic rings. The molecule has 132 valence electrons. The lowest BCUT2D eigenvalue weighted by molar-refractivity contribution is 0.0746. The molecule has 26 heavy (non-hydrogen) atoms. The van der Waals surface area contributed by atoms with E-state index in [-0.39, 0.29) is 11.8 Å². The topological polar surface area (TPSA) is 87.7 Å². The first-order valence-corrected chi connectivity index (χ1v) is 8.51. The quantitative estimate of drug-likeness (QED) is 0.707. The number of amides is 1. The van der Waals surface area contributed by atoms with Gasteiger partial charge in [-0.25, -0.2) is 4.68 Å². The number of nitriles is 1. The molecular weight excluding hydrogens is 328 g/mol. The van der Waals surface area contributed by atoms with Crippen molar-refractivity contribution in [2.24, 2.45) is 5.92 Å². The Balaban J connectivity index is 1.93. The second-order valence-electron chi connectivity index (χ2n) is 6.19. The summed E-state index contributed by atoms with van der Waals surface area (Å²) in [5.41, 5.74) is 2.69. The van der Waals surface area contributed by atoms with E-state index in [0.29, 0.717) is 24.5 Å². The number of carbonyl (C=O) groups is 1. The summed E-state index contributed by atoms with van der Waals surface area (Å²) >= 11 is 0. The molecule has 0 fully saturated rings. The zero-order valence-electron chi connectivity index (χ0n) is 15.0. The van der Waals surface area contributed by atoms with Gasteiger partial charge in [-0.1, -0.05) is 11.3 Å². The molecule has 1 unspecified atom stereocenters. The third-order valence-electron chi connectivity index (χ3n) is 4.31. The van der Waals surface area contributed by atoms with E-state index >= 15 is 0 Å². The average molecular weight is 348 g/mol. The van der Waals surface area contributed by atoms with E-state index in [0.717, 1.165) is 16.6 Å². The fourth-order valence-corrected chi connectivity index (χ4v) is 2.84. The van der Waals surface area contributed by atoms with Crippen LogP contribution in [0.1, 0.15) is 30.0 Å². The van der Waals surface area contributed by atoms with Gasteiger partial charge in [0, 0.05) is 24.7 Å². The van der Waals surface area contributed by atoms with E-state index in [1.54, 1.807) is 22.7 Å². The van der Waals surface area contributed by atoms with Crippen LogP contribution in [0.25, 0.3) is 16.6 Å². The number of pyridine rings is 1. The van der Waals surface area contributed by atoms with Crippen LogP contribution in [-0.4, -0.2) is 43.9 Å². The molecule has 1 amide bonds. The molecule has 2 aromatic heterocycles. The Hall–Kier alpha value is -3.27. The second kappa shape index (κ2) is 7.31. The van der Waals surface area contributed by atoms with Crippen molar-refractivity contribution in [2.45, 2.75) is 20.8 Å². The summed E-state index contributed by atoms with van der Waals surface area (Å²) in [6, 6.07) is 11.8. The molecule has 3 rings (SSSR count). The van der Waals surface area contributed by atoms with Crippen molar-refractivity contribution in [3.05, 3.63) is 47.9 Å². The molecule has 0 aliphatic rings. The molecule has 0 saturated carbocycles. The van der Waals surface area contributed by atoms with Gasteiger partial charge in [-0.15, -0.1) is 5.10 Å². The normalized spacial score (nSPS) is 11.9. The van der Waals surface area contributed by atoms with Gasteiger partial charge in [-0.3, -0.25) is 9.78 Å². The molecule has 2 heterocycles. The van der Waals surface area contributed by atoms with Gasteiger partial charge in [-0.05, 0) is 45.0 Å². The number of hydrogen-bond donors (Lipinski definition) is 0. The van der Waals surface area contributed by atoms with E-state index in [1.165, 1.54) is 0 Å². The van der Waals surface area contributed by atoms with Crippen LogP contribution >= 0.6 is 0 Å². The van der Waals surface area contributed by atoms with Crippen molar-refractivity contribution < 1.29 is 4.79 Å². The first-order valence-electron chi connectivity index (χ1n) is 8.51. The third kappa shape index (κ3) is 3.26. The SMILES string of the molecule is CCN(CC(C)C#N)C(=O)c1nnn(-c2ccc3ncccc3c2)c1C. The van der Waals surface area contributed by atoms with Gasteiger partial charge in [0.2, 0.25) is 0 Å². The molecule has 0 aliphatic heterocycles. The van der Waals surface area contributed by atoms with Crippen molar-refractivity contribution in [1.82, 2.24) is 24.9 Å². The first-order chi connectivity index (χ1) is 12.5. The van der Waals surface area contributed by atoms with E-state index in [1.807, 2.05) is 44.2 Å². The van der Waals surface area contributed by atoms with Crippen LogP contribution in [0.3, 0.4) is 0 Å². The number of hydrogen-bond acceptors (Lipinski definition) is 5. The van der Waals surface area contributed by atoms with Crippen molar-refractivity contribution >= 4 is 16.8 Å². The molecule has 7 heteroatoms. The summed E-state index contributed by atoms with van der Waals surface area (Å²) in [6.45, 7) is 6.39. The van der Waals surface area contributed by atoms with Crippen LogP contribution < -0.4 is 0 Å². The molecule has 7 nitrogen and oxygen atoms in total. The number of rotatable bonds is 5. The molecule has 0 saturated heterocycles. The highest BCUT2D eigenvalue weighted by Gasteiger charge is 2.23. The molecule has 0 radical (unpaired) electrons. The van der Waals surface area contributed by atoms with Crippen LogP contribution in [0.5, 0.6) is 0 Å². The molecular formula is C19H20N6O. The maximum atomic E-state index is 12.8. The first kappa shape index (κ1) is 17.5. The van der Waals surface area contributed by atoms with E-state index < -0.39 is 0 Å². The Morgan fingerprint density at radius 3 is 2.92 bits per heavy atom. The number of aromatic nitrogens is 4. The maximum Gasteiger partial charge on any atom is 0.276 e. The minimum Gasteiger partial charge on any atom is -0.336 e. The van der Waals surface area contributed by atoms with Gasteiger partial charge in [0.25, 0.3) is 5.91 Å². The third-order valence-corrected chi connectivity index (χ3v) is 4.31. The summed E-state index contributed by atoms with van der Waals surface area (Å²) in [5.74, 6) is -0.442. The van der Waals surface area contributed by atoms with Gasteiger partial charge < -0.3 is 4.90 Å². The Bertz CT molecular complexity index is 987. The van der Waals surface area contributed by atoms with Crippen molar-refractivity contribution in [2.75, 3.05) is 13.1 Å². The molecule has 1 aromatic carbocycles. The number of benzene rings is 1. The minimum atomic E-state index is -0.234. The highest BCUT2D eigenvalue weighted by atomic mass is 16.2. The van der Waals surface area contributed by atoms with Gasteiger partial charge in [0.1, 0.15) is 0 Å². The Morgan fingerprint density at radius 1 is 1.38 bits per heavy atom. The highest BCUT2D eigenvalue weighted by molar-refractivity contribution is 5.93. The number of nitrogens with zero attached hydrogens (tertiary/aromatic N) is 6. The van der Waals surface area contributed by atoms with Crippen LogP contribution in [0.2, 0.25) is 0 Å². The zero-order chi connectivity index (χ0) is 18.7. The van der Waals surface area contributed by atoms with Crippen LogP contribution in [0.4, 0.5) is 0 Å². The number of fused-ring (bicyclic) bond motifs is 1. The van der Waals surface area contributed by atoms with E-state index in [2.05, 4.69) is 21.4 Å². The van der Waals surface area contributed by atoms with E-state index in [4.69, 9.17) is 5.26 Å². The fraction of sp³-hybridized carbons (Fsp3) is 0.316. The molecule has 0 aliphatic carbocycles. The monoisotopic (exact) mass is 348 g/mol. The summed E-state index contributed by atoms with van der Waals surface area (Å²) < 4.78 is 1.65. The molecule has 0 spiro atoms. The smallest absolute Gasteiger partial charge is 0.276 e. The van der Waals surface area contributed by atoms with Crippen molar-refractivity contribution in [3.8, 4) is 11.8 Å². The van der Waals surface area contributed by atoms with Gasteiger partial charge >= 0.3 is 0 Å². The van der Waals surface area contributed by atoms with Gasteiger partial charge in [0.15, 0.2) is 5.69 Å².